The fourth-order valence-corrected chi connectivity index (χ4v) is 2.84. The van der Waals surface area contributed by atoms with Gasteiger partial charge >= 0.3 is 6.18 Å². The Hall–Kier alpha value is -1.83. The summed E-state index contributed by atoms with van der Waals surface area (Å²) in [6, 6.07) is 2.55. The van der Waals surface area contributed by atoms with Crippen LogP contribution in [0.25, 0.3) is 0 Å². The van der Waals surface area contributed by atoms with Crippen LogP contribution in [-0.2, 0) is 11.0 Å². The number of nitrogens with one attached hydrogen (secondary N) is 1. The molecule has 26 heavy (non-hydrogen) atoms. The second-order valence-corrected chi connectivity index (χ2v) is 7.55. The fourth-order valence-electron chi connectivity index (χ4n) is 2.84. The summed E-state index contributed by atoms with van der Waals surface area (Å²) in [5.41, 5.74) is -1.92. The first-order valence-corrected chi connectivity index (χ1v) is 8.67. The van der Waals surface area contributed by atoms with E-state index in [1.165, 1.54) is 12.3 Å². The van der Waals surface area contributed by atoms with E-state index < -0.39 is 23.0 Å². The number of amides is 1. The molecule has 1 amide bonds. The maximum atomic E-state index is 13.0. The molecule has 0 radical (unpaired) electrons. The number of piperidine rings is 1. The van der Waals surface area contributed by atoms with Crippen molar-refractivity contribution in [3.05, 3.63) is 23.9 Å². The maximum absolute atomic E-state index is 13.0. The fraction of sp³-hybridized carbons (Fsp3) is 0.667. The number of nitrogens with zero attached hydrogens (tertiary/aromatic N) is 2. The topological polar surface area (TPSA) is 54.5 Å². The van der Waals surface area contributed by atoms with Gasteiger partial charge in [-0.2, -0.15) is 13.2 Å². The van der Waals surface area contributed by atoms with Gasteiger partial charge in [0.25, 0.3) is 0 Å². The van der Waals surface area contributed by atoms with Crippen LogP contribution in [0.2, 0.25) is 0 Å². The summed E-state index contributed by atoms with van der Waals surface area (Å²) in [5.74, 6) is -0.738. The van der Waals surface area contributed by atoms with E-state index in [9.17, 15) is 18.0 Å². The van der Waals surface area contributed by atoms with E-state index in [2.05, 4.69) is 22.1 Å². The van der Waals surface area contributed by atoms with Gasteiger partial charge in [0.05, 0.1) is 5.41 Å². The molecular formula is C18H26F3N3O2. The summed E-state index contributed by atoms with van der Waals surface area (Å²) in [5, 5.41) is 3.00. The molecule has 146 valence electrons. The predicted octanol–water partition coefficient (Wildman–Crippen LogP) is 3.10. The zero-order valence-electron chi connectivity index (χ0n) is 15.6. The van der Waals surface area contributed by atoms with Gasteiger partial charge in [-0.1, -0.05) is 0 Å². The molecule has 1 saturated heterocycles. The number of aromatic nitrogens is 1. The van der Waals surface area contributed by atoms with E-state index in [0.717, 1.165) is 25.5 Å². The smallest absolute Gasteiger partial charge is 0.421 e. The highest BCUT2D eigenvalue weighted by Crippen LogP contribution is 2.35. The van der Waals surface area contributed by atoms with E-state index >= 15 is 0 Å². The molecule has 0 aliphatic carbocycles. The standard InChI is InChI=1S/C18H26F3N3O2/c1-12-10-13(7-9-24(12)4)23-16(25)17(2,3)11-26-15-14(18(19,20)21)6-5-8-22-15/h5-6,8,12-13H,7,9-11H2,1-4H3,(H,23,25)/t12-,13-/m1/s1. The normalized spacial score (nSPS) is 22.1. The molecule has 2 rings (SSSR count). The second kappa shape index (κ2) is 7.82. The Labute approximate surface area is 151 Å². The molecular weight excluding hydrogens is 347 g/mol. The van der Waals surface area contributed by atoms with Crippen molar-refractivity contribution in [2.45, 2.75) is 51.9 Å². The van der Waals surface area contributed by atoms with Crippen LogP contribution in [0, 0.1) is 5.41 Å². The number of halogens is 3. The van der Waals surface area contributed by atoms with Crippen LogP contribution in [0.15, 0.2) is 18.3 Å². The number of hydrogen-bond acceptors (Lipinski definition) is 4. The molecule has 1 aromatic rings. The van der Waals surface area contributed by atoms with Crippen LogP contribution < -0.4 is 10.1 Å². The van der Waals surface area contributed by atoms with Crippen molar-refractivity contribution >= 4 is 5.91 Å². The van der Waals surface area contributed by atoms with Gasteiger partial charge in [-0.25, -0.2) is 4.98 Å². The van der Waals surface area contributed by atoms with Crippen molar-refractivity contribution in [3.8, 4) is 5.88 Å². The molecule has 1 aliphatic rings. The van der Waals surface area contributed by atoms with E-state index in [4.69, 9.17) is 4.74 Å². The highest BCUT2D eigenvalue weighted by Gasteiger charge is 2.37. The molecule has 0 aromatic carbocycles. The monoisotopic (exact) mass is 373 g/mol. The Kier molecular flexibility index (Phi) is 6.16. The summed E-state index contributed by atoms with van der Waals surface area (Å²) in [6.07, 6.45) is -1.63. The summed E-state index contributed by atoms with van der Waals surface area (Å²) >= 11 is 0. The second-order valence-electron chi connectivity index (χ2n) is 7.55. The van der Waals surface area contributed by atoms with Crippen LogP contribution >= 0.6 is 0 Å². The third-order valence-corrected chi connectivity index (χ3v) is 4.80. The van der Waals surface area contributed by atoms with Crippen LogP contribution in [0.4, 0.5) is 13.2 Å². The average molecular weight is 373 g/mol. The van der Waals surface area contributed by atoms with E-state index in [0.29, 0.717) is 6.04 Å². The van der Waals surface area contributed by atoms with Crippen molar-refractivity contribution in [2.75, 3.05) is 20.2 Å². The summed E-state index contributed by atoms with van der Waals surface area (Å²) < 4.78 is 44.3. The van der Waals surface area contributed by atoms with Crippen molar-refractivity contribution in [2.24, 2.45) is 5.41 Å². The SMILES string of the molecule is C[C@@H]1C[C@H](NC(=O)C(C)(C)COc2ncccc2C(F)(F)F)CCN1C. The Morgan fingerprint density at radius 3 is 2.73 bits per heavy atom. The quantitative estimate of drug-likeness (QED) is 0.862. The largest absolute Gasteiger partial charge is 0.476 e. The third kappa shape index (κ3) is 5.09. The van der Waals surface area contributed by atoms with Crippen molar-refractivity contribution in [1.82, 2.24) is 15.2 Å². The van der Waals surface area contributed by atoms with E-state index in [1.54, 1.807) is 13.8 Å². The molecule has 1 aromatic heterocycles. The van der Waals surface area contributed by atoms with Gasteiger partial charge < -0.3 is 15.0 Å². The summed E-state index contributed by atoms with van der Waals surface area (Å²) in [4.78, 5) is 18.5. The number of ether oxygens (including phenoxy) is 1. The molecule has 0 bridgehead atoms. The van der Waals surface area contributed by atoms with Crippen LogP contribution in [-0.4, -0.2) is 48.1 Å². The zero-order valence-corrected chi connectivity index (χ0v) is 15.6. The van der Waals surface area contributed by atoms with Gasteiger partial charge in [0.2, 0.25) is 11.8 Å². The molecule has 2 heterocycles. The van der Waals surface area contributed by atoms with Gasteiger partial charge in [-0.15, -0.1) is 0 Å². The summed E-state index contributed by atoms with van der Waals surface area (Å²) in [7, 11) is 2.05. The number of carbonyl (C=O) groups excluding carboxylic acids is 1. The van der Waals surface area contributed by atoms with Crippen LogP contribution in [0.3, 0.4) is 0 Å². The number of pyridine rings is 1. The first kappa shape index (κ1) is 20.5. The number of hydrogen-bond donors (Lipinski definition) is 1. The predicted molar refractivity (Wildman–Crippen MR) is 91.8 cm³/mol. The summed E-state index contributed by atoms with van der Waals surface area (Å²) in [6.45, 7) is 6.10. The molecule has 1 N–H and O–H groups in total. The first-order valence-electron chi connectivity index (χ1n) is 8.67. The van der Waals surface area contributed by atoms with Gasteiger partial charge in [-0.3, -0.25) is 4.79 Å². The van der Waals surface area contributed by atoms with Crippen molar-refractivity contribution in [1.29, 1.82) is 0 Å². The molecule has 1 aliphatic heterocycles. The van der Waals surface area contributed by atoms with Gasteiger partial charge in [-0.05, 0) is 52.8 Å². The van der Waals surface area contributed by atoms with Gasteiger partial charge in [0.15, 0.2) is 0 Å². The van der Waals surface area contributed by atoms with Crippen LogP contribution in [0.5, 0.6) is 5.88 Å². The highest BCUT2D eigenvalue weighted by molar-refractivity contribution is 5.82. The lowest BCUT2D eigenvalue weighted by Crippen LogP contribution is -2.51. The molecule has 8 heteroatoms. The average Bonchev–Trinajstić information content (AvgIpc) is 2.56. The zero-order chi connectivity index (χ0) is 19.5. The number of carbonyl (C=O) groups is 1. The molecule has 2 atom stereocenters. The van der Waals surface area contributed by atoms with E-state index in [1.807, 2.05) is 7.05 Å². The molecule has 5 nitrogen and oxygen atoms in total. The number of alkyl halides is 3. The molecule has 0 spiro atoms. The minimum absolute atomic E-state index is 0.0635. The maximum Gasteiger partial charge on any atom is 0.421 e. The highest BCUT2D eigenvalue weighted by atomic mass is 19.4. The number of likely N-dealkylation sites (tertiary alicyclic amines) is 1. The minimum Gasteiger partial charge on any atom is -0.476 e. The van der Waals surface area contributed by atoms with Crippen molar-refractivity contribution < 1.29 is 22.7 Å². The first-order chi connectivity index (χ1) is 12.0. The molecule has 0 saturated carbocycles. The van der Waals surface area contributed by atoms with E-state index in [-0.39, 0.29) is 18.6 Å². The van der Waals surface area contributed by atoms with Crippen LogP contribution in [0.1, 0.15) is 39.2 Å². The van der Waals surface area contributed by atoms with Gasteiger partial charge in [0, 0.05) is 24.8 Å². The third-order valence-electron chi connectivity index (χ3n) is 4.80. The lowest BCUT2D eigenvalue weighted by atomic mass is 9.91. The Morgan fingerprint density at radius 1 is 1.42 bits per heavy atom. The Morgan fingerprint density at radius 2 is 2.12 bits per heavy atom. The lowest BCUT2D eigenvalue weighted by Gasteiger charge is -2.36. The molecule has 0 unspecified atom stereocenters. The lowest BCUT2D eigenvalue weighted by molar-refractivity contribution is -0.139. The molecule has 1 fully saturated rings. The Balaban J connectivity index is 1.97. The minimum atomic E-state index is -4.56. The van der Waals surface area contributed by atoms with Crippen molar-refractivity contribution in [3.63, 3.8) is 0 Å². The Bertz CT molecular complexity index is 634. The number of rotatable bonds is 5. The van der Waals surface area contributed by atoms with Gasteiger partial charge in [0.1, 0.15) is 12.2 Å².